The molecule has 0 unspecified atom stereocenters. The van der Waals surface area contributed by atoms with E-state index >= 15 is 0 Å². The second-order valence-electron chi connectivity index (χ2n) is 8.86. The number of hydrogen-bond acceptors (Lipinski definition) is 5. The number of rotatable bonds is 5. The zero-order valence-corrected chi connectivity index (χ0v) is 20.3. The van der Waals surface area contributed by atoms with E-state index in [4.69, 9.17) is 0 Å². The lowest BCUT2D eigenvalue weighted by Gasteiger charge is -2.32. The quantitative estimate of drug-likeness (QED) is 0.364. The fraction of sp³-hybridized carbons (Fsp3) is 0.231. The molecule has 11 heteroatoms. The fourth-order valence-electron chi connectivity index (χ4n) is 4.45. The van der Waals surface area contributed by atoms with E-state index in [1.807, 2.05) is 6.07 Å². The normalized spacial score (nSPS) is 15.5. The van der Waals surface area contributed by atoms with Crippen LogP contribution in [-0.2, 0) is 16.2 Å². The van der Waals surface area contributed by atoms with E-state index in [1.165, 1.54) is 16.4 Å². The summed E-state index contributed by atoms with van der Waals surface area (Å²) in [5.74, 6) is 0. The number of pyridine rings is 1. The SMILES string of the molecule is N#Cc1c[nH]c2ncc(-c3ccc(S(=O)(=O)N4CCC(Nc5ccc(C(F)(F)F)cc5)CC4)cc3)cc12. The molecule has 2 aromatic heterocycles. The predicted octanol–water partition coefficient (Wildman–Crippen LogP) is 5.39. The van der Waals surface area contributed by atoms with Crippen molar-refractivity contribution in [1.82, 2.24) is 14.3 Å². The Bertz CT molecular complexity index is 1570. The topological polar surface area (TPSA) is 102 Å². The third-order valence-corrected chi connectivity index (χ3v) is 8.43. The van der Waals surface area contributed by atoms with Crippen LogP contribution in [0.25, 0.3) is 22.2 Å². The summed E-state index contributed by atoms with van der Waals surface area (Å²) in [6.07, 6.45) is -0.0642. The molecule has 7 nitrogen and oxygen atoms in total. The van der Waals surface area contributed by atoms with Crippen LogP contribution < -0.4 is 5.32 Å². The maximum Gasteiger partial charge on any atom is 0.416 e. The Morgan fingerprint density at radius 3 is 2.32 bits per heavy atom. The Balaban J connectivity index is 1.24. The number of aromatic amines is 1. The number of anilines is 1. The maximum absolute atomic E-state index is 13.2. The van der Waals surface area contributed by atoms with Crippen molar-refractivity contribution < 1.29 is 21.6 Å². The Morgan fingerprint density at radius 1 is 1.03 bits per heavy atom. The van der Waals surface area contributed by atoms with Crippen molar-refractivity contribution in [3.63, 3.8) is 0 Å². The third kappa shape index (κ3) is 5.03. The number of sulfonamides is 1. The average Bonchev–Trinajstić information content (AvgIpc) is 3.31. The van der Waals surface area contributed by atoms with Crippen LogP contribution in [0.15, 0.2) is 71.9 Å². The fourth-order valence-corrected chi connectivity index (χ4v) is 5.92. The molecule has 3 heterocycles. The minimum atomic E-state index is -4.38. The van der Waals surface area contributed by atoms with E-state index in [9.17, 15) is 26.9 Å². The Hall–Kier alpha value is -3.88. The highest BCUT2D eigenvalue weighted by Gasteiger charge is 2.31. The van der Waals surface area contributed by atoms with Crippen LogP contribution in [-0.4, -0.2) is 41.8 Å². The van der Waals surface area contributed by atoms with Crippen LogP contribution in [0, 0.1) is 11.3 Å². The van der Waals surface area contributed by atoms with Crippen LogP contribution in [0.3, 0.4) is 0 Å². The lowest BCUT2D eigenvalue weighted by molar-refractivity contribution is -0.137. The van der Waals surface area contributed by atoms with Gasteiger partial charge in [-0.25, -0.2) is 13.4 Å². The van der Waals surface area contributed by atoms with E-state index in [-0.39, 0.29) is 10.9 Å². The van der Waals surface area contributed by atoms with Gasteiger partial charge in [-0.1, -0.05) is 12.1 Å². The molecule has 2 aromatic carbocycles. The molecule has 5 rings (SSSR count). The summed E-state index contributed by atoms with van der Waals surface area (Å²) in [7, 11) is -3.70. The molecule has 37 heavy (non-hydrogen) atoms. The minimum Gasteiger partial charge on any atom is -0.382 e. The first kappa shape index (κ1) is 24.8. The molecule has 1 aliphatic rings. The summed E-state index contributed by atoms with van der Waals surface area (Å²) in [4.78, 5) is 7.46. The van der Waals surface area contributed by atoms with Crippen molar-refractivity contribution in [2.24, 2.45) is 0 Å². The molecule has 0 spiro atoms. The van der Waals surface area contributed by atoms with Gasteiger partial charge < -0.3 is 10.3 Å². The van der Waals surface area contributed by atoms with Crippen LogP contribution in [0.4, 0.5) is 18.9 Å². The first-order valence-corrected chi connectivity index (χ1v) is 13.0. The monoisotopic (exact) mass is 525 g/mol. The summed E-state index contributed by atoms with van der Waals surface area (Å²) in [6.45, 7) is 0.598. The van der Waals surface area contributed by atoms with Gasteiger partial charge >= 0.3 is 6.18 Å². The average molecular weight is 526 g/mol. The standard InChI is InChI=1S/C26H22F3N5O2S/c27-26(28,29)20-3-5-21(6-4-20)33-22-9-11-34(12-10-22)37(35,36)23-7-1-17(2-8-23)18-13-24-19(14-30)16-32-25(24)31-15-18/h1-8,13,15-16,22,33H,9-12H2,(H,31,32). The van der Waals surface area contributed by atoms with Crippen LogP contribution in [0.1, 0.15) is 24.0 Å². The van der Waals surface area contributed by atoms with Gasteiger partial charge in [-0.15, -0.1) is 0 Å². The van der Waals surface area contributed by atoms with Gasteiger partial charge in [0, 0.05) is 48.2 Å². The predicted molar refractivity (Wildman–Crippen MR) is 133 cm³/mol. The second kappa shape index (κ2) is 9.53. The van der Waals surface area contributed by atoms with Crippen LogP contribution in [0.5, 0.6) is 0 Å². The van der Waals surface area contributed by atoms with E-state index in [2.05, 4.69) is 21.4 Å². The number of nitrogens with zero attached hydrogens (tertiary/aromatic N) is 3. The molecule has 0 radical (unpaired) electrons. The number of piperidine rings is 1. The van der Waals surface area contributed by atoms with Gasteiger partial charge in [0.2, 0.25) is 10.0 Å². The number of benzene rings is 2. The lowest BCUT2D eigenvalue weighted by atomic mass is 10.1. The molecular formula is C26H22F3N5O2S. The van der Waals surface area contributed by atoms with Gasteiger partial charge in [-0.3, -0.25) is 0 Å². The number of halogens is 3. The Labute approximate surface area is 211 Å². The van der Waals surface area contributed by atoms with Gasteiger partial charge in [0.25, 0.3) is 0 Å². The largest absolute Gasteiger partial charge is 0.416 e. The van der Waals surface area contributed by atoms with Crippen molar-refractivity contribution in [3.8, 4) is 17.2 Å². The summed E-state index contributed by atoms with van der Waals surface area (Å²) < 4.78 is 66.1. The van der Waals surface area contributed by atoms with Gasteiger partial charge in [-0.05, 0) is 60.9 Å². The summed E-state index contributed by atoms with van der Waals surface area (Å²) in [5, 5.41) is 13.1. The van der Waals surface area contributed by atoms with Crippen molar-refractivity contribution in [2.75, 3.05) is 18.4 Å². The number of nitriles is 1. The summed E-state index contributed by atoms with van der Waals surface area (Å²) in [6, 6.07) is 15.3. The first-order valence-electron chi connectivity index (χ1n) is 11.6. The second-order valence-corrected chi connectivity index (χ2v) is 10.8. The molecule has 0 saturated carbocycles. The molecule has 1 saturated heterocycles. The van der Waals surface area contributed by atoms with E-state index in [0.717, 1.165) is 23.3 Å². The van der Waals surface area contributed by atoms with Gasteiger partial charge in [0.15, 0.2) is 0 Å². The van der Waals surface area contributed by atoms with Crippen molar-refractivity contribution in [1.29, 1.82) is 5.26 Å². The molecule has 2 N–H and O–H groups in total. The highest BCUT2D eigenvalue weighted by atomic mass is 32.2. The Kier molecular flexibility index (Phi) is 6.39. The number of H-pyrrole nitrogens is 1. The zero-order valence-electron chi connectivity index (χ0n) is 19.5. The number of aromatic nitrogens is 2. The zero-order chi connectivity index (χ0) is 26.2. The van der Waals surface area contributed by atoms with Gasteiger partial charge in [0.1, 0.15) is 11.7 Å². The van der Waals surface area contributed by atoms with Crippen molar-refractivity contribution >= 4 is 26.7 Å². The first-order chi connectivity index (χ1) is 17.6. The molecule has 0 bridgehead atoms. The van der Waals surface area contributed by atoms with E-state index in [0.29, 0.717) is 48.2 Å². The third-order valence-electron chi connectivity index (χ3n) is 6.51. The van der Waals surface area contributed by atoms with Crippen LogP contribution >= 0.6 is 0 Å². The van der Waals surface area contributed by atoms with Gasteiger partial charge in [-0.2, -0.15) is 22.7 Å². The molecule has 1 fully saturated rings. The summed E-state index contributed by atoms with van der Waals surface area (Å²) in [5.41, 5.74) is 2.49. The molecule has 4 aromatic rings. The maximum atomic E-state index is 13.2. The minimum absolute atomic E-state index is 0.0419. The Morgan fingerprint density at radius 2 is 1.70 bits per heavy atom. The number of fused-ring (bicyclic) bond motifs is 1. The lowest BCUT2D eigenvalue weighted by Crippen LogP contribution is -2.42. The van der Waals surface area contributed by atoms with E-state index < -0.39 is 21.8 Å². The molecule has 0 amide bonds. The number of hydrogen-bond donors (Lipinski definition) is 2. The van der Waals surface area contributed by atoms with Crippen molar-refractivity contribution in [2.45, 2.75) is 30.0 Å². The van der Waals surface area contributed by atoms with Crippen molar-refractivity contribution in [3.05, 3.63) is 78.1 Å². The molecule has 0 atom stereocenters. The molecule has 190 valence electrons. The van der Waals surface area contributed by atoms with Crippen LogP contribution in [0.2, 0.25) is 0 Å². The molecule has 1 aliphatic heterocycles. The summed E-state index contributed by atoms with van der Waals surface area (Å²) >= 11 is 0. The highest BCUT2D eigenvalue weighted by Crippen LogP contribution is 2.31. The van der Waals surface area contributed by atoms with E-state index in [1.54, 1.807) is 36.7 Å². The number of nitrogens with one attached hydrogen (secondary N) is 2. The smallest absolute Gasteiger partial charge is 0.382 e. The molecule has 0 aliphatic carbocycles. The highest BCUT2D eigenvalue weighted by molar-refractivity contribution is 7.89. The molecular weight excluding hydrogens is 503 g/mol. The van der Waals surface area contributed by atoms with Gasteiger partial charge in [0.05, 0.1) is 16.0 Å². The number of alkyl halides is 3.